The molecule has 1 nitrogen and oxygen atoms in total. The summed E-state index contributed by atoms with van der Waals surface area (Å²) in [4.78, 5) is 11.0. The van der Waals surface area contributed by atoms with E-state index in [0.717, 1.165) is 0 Å². The zero-order valence-electron chi connectivity index (χ0n) is 5.59. The van der Waals surface area contributed by atoms with Gasteiger partial charge in [-0.05, 0) is 0 Å². The molecule has 0 radical (unpaired) electrons. The maximum Gasteiger partial charge on any atom is 0.197 e. The molecule has 0 saturated carbocycles. The van der Waals surface area contributed by atoms with Crippen LogP contribution in [0.5, 0.6) is 0 Å². The highest BCUT2D eigenvalue weighted by Gasteiger charge is 2.29. The summed E-state index contributed by atoms with van der Waals surface area (Å²) in [5, 5.41) is 0. The predicted octanol–water partition coefficient (Wildman–Crippen LogP) is 4.08. The third kappa shape index (κ3) is 9.50. The lowest BCUT2D eigenvalue weighted by molar-refractivity contribution is -0.118. The molecule has 0 aliphatic carbocycles. The SMILES string of the molecule is O=C(CC(Cl)(Cl)Cl)CC(Cl)(Cl)Cl. The van der Waals surface area contributed by atoms with E-state index < -0.39 is 13.4 Å². The highest BCUT2D eigenvalue weighted by Crippen LogP contribution is 2.35. The zero-order chi connectivity index (χ0) is 9.99. The fraction of sp³-hybridized carbons (Fsp3) is 0.800. The second-order valence-electron chi connectivity index (χ2n) is 2.12. The summed E-state index contributed by atoms with van der Waals surface area (Å²) in [5.74, 6) is -0.407. The van der Waals surface area contributed by atoms with Crippen molar-refractivity contribution in [2.45, 2.75) is 20.4 Å². The van der Waals surface area contributed by atoms with Crippen LogP contribution in [-0.4, -0.2) is 13.4 Å². The van der Waals surface area contributed by atoms with Crippen LogP contribution in [0.1, 0.15) is 12.8 Å². The van der Waals surface area contributed by atoms with E-state index in [1.165, 1.54) is 0 Å². The molecule has 7 heteroatoms. The van der Waals surface area contributed by atoms with E-state index in [1.807, 2.05) is 0 Å². The minimum atomic E-state index is -1.62. The van der Waals surface area contributed by atoms with Crippen LogP contribution >= 0.6 is 69.6 Å². The van der Waals surface area contributed by atoms with Crippen LogP contribution in [0, 0.1) is 0 Å². The monoisotopic (exact) mass is 290 g/mol. The van der Waals surface area contributed by atoms with Gasteiger partial charge >= 0.3 is 0 Å². The van der Waals surface area contributed by atoms with Crippen LogP contribution in [0.15, 0.2) is 0 Å². The number of halogens is 6. The maximum atomic E-state index is 11.0. The number of carbonyl (C=O) groups excluding carboxylic acids is 1. The average Bonchev–Trinajstić information content (AvgIpc) is 1.49. The molecule has 0 aromatic carbocycles. The quantitative estimate of drug-likeness (QED) is 0.701. The lowest BCUT2D eigenvalue weighted by Gasteiger charge is -2.12. The molecular weight excluding hydrogens is 289 g/mol. The van der Waals surface area contributed by atoms with E-state index in [2.05, 4.69) is 0 Å². The first kappa shape index (κ1) is 13.4. The fourth-order valence-corrected chi connectivity index (χ4v) is 1.40. The maximum absolute atomic E-state index is 11.0. The number of alkyl halides is 6. The van der Waals surface area contributed by atoms with Gasteiger partial charge in [0.05, 0.1) is 12.8 Å². The largest absolute Gasteiger partial charge is 0.299 e. The molecule has 0 atom stereocenters. The van der Waals surface area contributed by atoms with Crippen LogP contribution in [0.3, 0.4) is 0 Å². The van der Waals surface area contributed by atoms with Crippen LogP contribution in [0.4, 0.5) is 0 Å². The van der Waals surface area contributed by atoms with Gasteiger partial charge in [0.25, 0.3) is 0 Å². The smallest absolute Gasteiger partial charge is 0.197 e. The lowest BCUT2D eigenvalue weighted by atomic mass is 10.2. The van der Waals surface area contributed by atoms with Crippen molar-refractivity contribution in [3.63, 3.8) is 0 Å². The first-order chi connectivity index (χ1) is 5.10. The van der Waals surface area contributed by atoms with E-state index in [0.29, 0.717) is 0 Å². The molecule has 0 unspecified atom stereocenters. The van der Waals surface area contributed by atoms with Crippen LogP contribution in [0.25, 0.3) is 0 Å². The van der Waals surface area contributed by atoms with Crippen LogP contribution in [-0.2, 0) is 4.79 Å². The molecule has 0 fully saturated rings. The Hall–Kier alpha value is 1.41. The highest BCUT2D eigenvalue weighted by atomic mass is 35.6. The molecule has 0 aromatic heterocycles. The van der Waals surface area contributed by atoms with E-state index >= 15 is 0 Å². The minimum absolute atomic E-state index is 0.258. The van der Waals surface area contributed by atoms with Crippen molar-refractivity contribution in [1.82, 2.24) is 0 Å². The summed E-state index contributed by atoms with van der Waals surface area (Å²) in [6, 6.07) is 0. The van der Waals surface area contributed by atoms with Gasteiger partial charge in [0.2, 0.25) is 0 Å². The molecule has 0 aliphatic rings. The van der Waals surface area contributed by atoms with Gasteiger partial charge in [0, 0.05) is 0 Å². The molecule has 0 N–H and O–H groups in total. The van der Waals surface area contributed by atoms with Gasteiger partial charge in [-0.15, -0.1) is 0 Å². The van der Waals surface area contributed by atoms with Crippen molar-refractivity contribution in [3.8, 4) is 0 Å². The molecule has 0 aromatic rings. The number of Topliss-reactive ketones (excluding diaryl/α,β-unsaturated/α-hetero) is 1. The minimum Gasteiger partial charge on any atom is -0.299 e. The van der Waals surface area contributed by atoms with E-state index in [9.17, 15) is 4.79 Å². The van der Waals surface area contributed by atoms with Gasteiger partial charge in [0.15, 0.2) is 7.59 Å². The summed E-state index contributed by atoms with van der Waals surface area (Å²) < 4.78 is -3.24. The van der Waals surface area contributed by atoms with Gasteiger partial charge in [-0.1, -0.05) is 69.6 Å². The first-order valence-electron chi connectivity index (χ1n) is 2.75. The number of rotatable bonds is 2. The molecule has 0 bridgehead atoms. The second-order valence-corrected chi connectivity index (χ2v) is 7.15. The molecule has 0 aliphatic heterocycles. The molecular formula is C5H4Cl6O. The summed E-state index contributed by atoms with van der Waals surface area (Å²) in [6.07, 6.45) is -0.517. The van der Waals surface area contributed by atoms with E-state index in [1.54, 1.807) is 0 Å². The molecule has 12 heavy (non-hydrogen) atoms. The van der Waals surface area contributed by atoms with Gasteiger partial charge in [-0.3, -0.25) is 4.79 Å². The van der Waals surface area contributed by atoms with Gasteiger partial charge in [0.1, 0.15) is 5.78 Å². The van der Waals surface area contributed by atoms with Crippen molar-refractivity contribution in [1.29, 1.82) is 0 Å². The molecule has 0 spiro atoms. The Morgan fingerprint density at radius 1 is 0.833 bits per heavy atom. The third-order valence-corrected chi connectivity index (χ3v) is 1.60. The van der Waals surface area contributed by atoms with Crippen molar-refractivity contribution in [2.75, 3.05) is 0 Å². The van der Waals surface area contributed by atoms with Crippen molar-refractivity contribution in [3.05, 3.63) is 0 Å². The highest BCUT2D eigenvalue weighted by molar-refractivity contribution is 6.69. The third-order valence-electron chi connectivity index (χ3n) is 0.795. The molecule has 72 valence electrons. The first-order valence-corrected chi connectivity index (χ1v) is 5.02. The normalized spacial score (nSPS) is 13.2. The molecule has 0 saturated heterocycles. The topological polar surface area (TPSA) is 17.1 Å². The Morgan fingerprint density at radius 3 is 1.25 bits per heavy atom. The Balaban J connectivity index is 3.92. The van der Waals surface area contributed by atoms with Gasteiger partial charge in [-0.25, -0.2) is 0 Å². The van der Waals surface area contributed by atoms with Gasteiger partial charge < -0.3 is 0 Å². The second kappa shape index (κ2) is 4.77. The van der Waals surface area contributed by atoms with Crippen molar-refractivity contribution >= 4 is 75.4 Å². The van der Waals surface area contributed by atoms with E-state index in [-0.39, 0.29) is 12.8 Å². The molecule has 0 amide bonds. The molecule has 0 rings (SSSR count). The predicted molar refractivity (Wildman–Crippen MR) is 54.8 cm³/mol. The Bertz CT molecular complexity index is 148. The summed E-state index contributed by atoms with van der Waals surface area (Å²) >= 11 is 32.0. The summed E-state index contributed by atoms with van der Waals surface area (Å²) in [7, 11) is 0. The fourth-order valence-electron chi connectivity index (χ4n) is 0.510. The zero-order valence-corrected chi connectivity index (χ0v) is 10.1. The standard InChI is InChI=1S/C5H4Cl6O/c6-4(7,8)1-3(12)2-5(9,10)11/h1-2H2. The van der Waals surface area contributed by atoms with Crippen molar-refractivity contribution in [2.24, 2.45) is 0 Å². The number of hydrogen-bond donors (Lipinski definition) is 0. The number of hydrogen-bond acceptors (Lipinski definition) is 1. The summed E-state index contributed by atoms with van der Waals surface area (Å²) in [6.45, 7) is 0. The Morgan fingerprint density at radius 2 is 1.08 bits per heavy atom. The summed E-state index contributed by atoms with van der Waals surface area (Å²) in [5.41, 5.74) is 0. The van der Waals surface area contributed by atoms with Gasteiger partial charge in [-0.2, -0.15) is 0 Å². The van der Waals surface area contributed by atoms with E-state index in [4.69, 9.17) is 69.6 Å². The Labute approximate surface area is 100 Å². The number of ketones is 1. The van der Waals surface area contributed by atoms with Crippen molar-refractivity contribution < 1.29 is 4.79 Å². The number of carbonyl (C=O) groups is 1. The lowest BCUT2D eigenvalue weighted by Crippen LogP contribution is -2.17. The Kier molecular flexibility index (Phi) is 5.33. The average molecular weight is 293 g/mol. The molecule has 0 heterocycles. The van der Waals surface area contributed by atoms with Crippen LogP contribution in [0.2, 0.25) is 0 Å². The van der Waals surface area contributed by atoms with Crippen LogP contribution < -0.4 is 0 Å².